The molecule has 0 fully saturated rings. The standard InChI is InChI=1S/C9H9N3O2/c10-8(11)6-1-3-7(4-2-6)9(14)12-5-13/h1-5H,(H3,10,11)(H,12,13,14). The number of rotatable bonds is 3. The zero-order valence-electron chi connectivity index (χ0n) is 7.28. The maximum atomic E-state index is 11.1. The summed E-state index contributed by atoms with van der Waals surface area (Å²) in [7, 11) is 0. The van der Waals surface area contributed by atoms with Crippen LogP contribution in [0.3, 0.4) is 0 Å². The summed E-state index contributed by atoms with van der Waals surface area (Å²) in [6, 6.07) is 6.08. The van der Waals surface area contributed by atoms with Gasteiger partial charge in [-0.15, -0.1) is 0 Å². The molecule has 0 radical (unpaired) electrons. The van der Waals surface area contributed by atoms with E-state index >= 15 is 0 Å². The van der Waals surface area contributed by atoms with Gasteiger partial charge in [0.25, 0.3) is 5.91 Å². The average Bonchev–Trinajstić information content (AvgIpc) is 2.18. The Morgan fingerprint density at radius 1 is 1.29 bits per heavy atom. The van der Waals surface area contributed by atoms with Gasteiger partial charge in [-0.25, -0.2) is 0 Å². The molecule has 1 aromatic carbocycles. The van der Waals surface area contributed by atoms with Crippen LogP contribution in [0.1, 0.15) is 15.9 Å². The number of nitrogens with two attached hydrogens (primary N) is 1. The van der Waals surface area contributed by atoms with Gasteiger partial charge in [-0.2, -0.15) is 0 Å². The Bertz CT molecular complexity index is 370. The predicted octanol–water partition coefficient (Wildman–Crippen LogP) is -0.143. The second-order valence-electron chi connectivity index (χ2n) is 2.58. The molecule has 0 aromatic heterocycles. The van der Waals surface area contributed by atoms with Crippen molar-refractivity contribution in [2.75, 3.05) is 0 Å². The fourth-order valence-electron chi connectivity index (χ4n) is 0.938. The quantitative estimate of drug-likeness (QED) is 0.352. The smallest absolute Gasteiger partial charge is 0.257 e. The highest BCUT2D eigenvalue weighted by Crippen LogP contribution is 2.03. The van der Waals surface area contributed by atoms with Crippen molar-refractivity contribution < 1.29 is 9.59 Å². The molecule has 0 bridgehead atoms. The van der Waals surface area contributed by atoms with Crippen LogP contribution in [-0.4, -0.2) is 18.2 Å². The monoisotopic (exact) mass is 191 g/mol. The molecule has 0 saturated carbocycles. The molecule has 0 aliphatic heterocycles. The number of hydrogen-bond acceptors (Lipinski definition) is 3. The number of amidine groups is 1. The van der Waals surface area contributed by atoms with Crippen molar-refractivity contribution in [3.8, 4) is 0 Å². The number of carbonyl (C=O) groups excluding carboxylic acids is 2. The molecular formula is C9H9N3O2. The molecule has 2 amide bonds. The van der Waals surface area contributed by atoms with Gasteiger partial charge in [-0.3, -0.25) is 20.3 Å². The van der Waals surface area contributed by atoms with Gasteiger partial charge in [-0.05, 0) is 12.1 Å². The number of nitrogens with one attached hydrogen (secondary N) is 2. The van der Waals surface area contributed by atoms with Gasteiger partial charge in [0.15, 0.2) is 0 Å². The van der Waals surface area contributed by atoms with E-state index in [0.717, 1.165) is 0 Å². The normalized spacial score (nSPS) is 9.14. The van der Waals surface area contributed by atoms with E-state index in [2.05, 4.69) is 0 Å². The second kappa shape index (κ2) is 4.18. The van der Waals surface area contributed by atoms with Crippen molar-refractivity contribution in [3.63, 3.8) is 0 Å². The van der Waals surface area contributed by atoms with E-state index in [9.17, 15) is 9.59 Å². The van der Waals surface area contributed by atoms with E-state index in [1.807, 2.05) is 5.32 Å². The number of carbonyl (C=O) groups is 2. The minimum absolute atomic E-state index is 0.0626. The third-order valence-corrected chi connectivity index (χ3v) is 1.65. The van der Waals surface area contributed by atoms with Gasteiger partial charge < -0.3 is 5.73 Å². The molecule has 14 heavy (non-hydrogen) atoms. The molecule has 0 aliphatic carbocycles. The maximum absolute atomic E-state index is 11.1. The zero-order valence-corrected chi connectivity index (χ0v) is 7.28. The minimum Gasteiger partial charge on any atom is -0.384 e. The average molecular weight is 191 g/mol. The van der Waals surface area contributed by atoms with Crippen molar-refractivity contribution in [2.24, 2.45) is 5.73 Å². The fraction of sp³-hybridized carbons (Fsp3) is 0. The summed E-state index contributed by atoms with van der Waals surface area (Å²) >= 11 is 0. The molecule has 0 aliphatic rings. The Balaban J connectivity index is 2.88. The number of hydrogen-bond donors (Lipinski definition) is 3. The molecule has 5 nitrogen and oxygen atoms in total. The zero-order chi connectivity index (χ0) is 10.6. The van der Waals surface area contributed by atoms with Gasteiger partial charge in [0.2, 0.25) is 6.41 Å². The van der Waals surface area contributed by atoms with Crippen LogP contribution >= 0.6 is 0 Å². The summed E-state index contributed by atoms with van der Waals surface area (Å²) in [5.74, 6) is -0.539. The third kappa shape index (κ3) is 2.16. The second-order valence-corrected chi connectivity index (χ2v) is 2.58. The minimum atomic E-state index is -0.477. The number of nitrogen functional groups attached to an aromatic ring is 1. The largest absolute Gasteiger partial charge is 0.384 e. The lowest BCUT2D eigenvalue weighted by Gasteiger charge is -2.00. The molecule has 4 N–H and O–H groups in total. The first-order valence-corrected chi connectivity index (χ1v) is 3.84. The SMILES string of the molecule is N=C(N)c1ccc(C(=O)NC=O)cc1. The summed E-state index contributed by atoms with van der Waals surface area (Å²) in [5, 5.41) is 9.12. The number of amides is 2. The van der Waals surface area contributed by atoms with Crippen LogP contribution in [0.25, 0.3) is 0 Å². The Morgan fingerprint density at radius 2 is 1.79 bits per heavy atom. The van der Waals surface area contributed by atoms with Gasteiger partial charge >= 0.3 is 0 Å². The lowest BCUT2D eigenvalue weighted by molar-refractivity contribution is -0.108. The van der Waals surface area contributed by atoms with Crippen LogP contribution < -0.4 is 11.1 Å². The van der Waals surface area contributed by atoms with Crippen molar-refractivity contribution >= 4 is 18.2 Å². The summed E-state index contributed by atoms with van der Waals surface area (Å²) in [4.78, 5) is 21.1. The molecule has 0 saturated heterocycles. The van der Waals surface area contributed by atoms with Crippen molar-refractivity contribution in [3.05, 3.63) is 35.4 Å². The van der Waals surface area contributed by atoms with E-state index in [1.165, 1.54) is 12.1 Å². The van der Waals surface area contributed by atoms with E-state index in [-0.39, 0.29) is 5.84 Å². The Kier molecular flexibility index (Phi) is 2.96. The number of imide groups is 1. The summed E-state index contributed by atoms with van der Waals surface area (Å²) < 4.78 is 0. The highest BCUT2D eigenvalue weighted by molar-refractivity contribution is 6.01. The van der Waals surface area contributed by atoms with Crippen molar-refractivity contribution in [1.82, 2.24) is 5.32 Å². The van der Waals surface area contributed by atoms with Crippen LogP contribution in [0, 0.1) is 5.41 Å². The first kappa shape index (κ1) is 9.91. The van der Waals surface area contributed by atoms with Crippen molar-refractivity contribution in [2.45, 2.75) is 0 Å². The molecule has 0 spiro atoms. The van der Waals surface area contributed by atoms with E-state index < -0.39 is 5.91 Å². The van der Waals surface area contributed by atoms with E-state index in [0.29, 0.717) is 17.5 Å². The lowest BCUT2D eigenvalue weighted by Crippen LogP contribution is -2.21. The molecule has 5 heteroatoms. The summed E-state index contributed by atoms with van der Waals surface area (Å²) in [5.41, 5.74) is 6.11. The molecular weight excluding hydrogens is 182 g/mol. The maximum Gasteiger partial charge on any atom is 0.257 e. The Labute approximate surface area is 80.4 Å². The molecule has 1 rings (SSSR count). The van der Waals surface area contributed by atoms with Gasteiger partial charge in [-0.1, -0.05) is 12.1 Å². The molecule has 72 valence electrons. The predicted molar refractivity (Wildman–Crippen MR) is 51.0 cm³/mol. The summed E-state index contributed by atoms with van der Waals surface area (Å²) in [6.45, 7) is 0. The van der Waals surface area contributed by atoms with Crippen LogP contribution in [0.5, 0.6) is 0 Å². The van der Waals surface area contributed by atoms with Crippen LogP contribution in [0.2, 0.25) is 0 Å². The summed E-state index contributed by atoms with van der Waals surface area (Å²) in [6.07, 6.45) is 0.321. The van der Waals surface area contributed by atoms with Crippen LogP contribution in [-0.2, 0) is 4.79 Å². The fourth-order valence-corrected chi connectivity index (χ4v) is 0.938. The van der Waals surface area contributed by atoms with Crippen LogP contribution in [0.15, 0.2) is 24.3 Å². The molecule has 1 aromatic rings. The first-order valence-electron chi connectivity index (χ1n) is 3.84. The van der Waals surface area contributed by atoms with E-state index in [4.69, 9.17) is 11.1 Å². The lowest BCUT2D eigenvalue weighted by atomic mass is 10.1. The van der Waals surface area contributed by atoms with Crippen LogP contribution in [0.4, 0.5) is 0 Å². The van der Waals surface area contributed by atoms with E-state index in [1.54, 1.807) is 12.1 Å². The third-order valence-electron chi connectivity index (χ3n) is 1.65. The molecule has 0 unspecified atom stereocenters. The van der Waals surface area contributed by atoms with Gasteiger partial charge in [0.05, 0.1) is 0 Å². The Hall–Kier alpha value is -2.17. The first-order chi connectivity index (χ1) is 6.65. The van der Waals surface area contributed by atoms with Gasteiger partial charge in [0.1, 0.15) is 5.84 Å². The molecule has 0 heterocycles. The Morgan fingerprint density at radius 3 is 2.21 bits per heavy atom. The number of benzene rings is 1. The topological polar surface area (TPSA) is 96.0 Å². The molecule has 0 atom stereocenters. The highest BCUT2D eigenvalue weighted by atomic mass is 16.2. The van der Waals surface area contributed by atoms with Gasteiger partial charge in [0, 0.05) is 11.1 Å². The highest BCUT2D eigenvalue weighted by Gasteiger charge is 2.04. The van der Waals surface area contributed by atoms with Crippen molar-refractivity contribution in [1.29, 1.82) is 5.41 Å².